The van der Waals surface area contributed by atoms with Crippen molar-refractivity contribution in [3.8, 4) is 0 Å². The lowest BCUT2D eigenvalue weighted by molar-refractivity contribution is -0.172. The smallest absolute Gasteiger partial charge is 0.336 e. The van der Waals surface area contributed by atoms with E-state index in [0.29, 0.717) is 4.90 Å². The second-order valence-electron chi connectivity index (χ2n) is 7.59. The number of likely N-dealkylation sites (tertiary alicyclic amines) is 1. The van der Waals surface area contributed by atoms with Gasteiger partial charge in [-0.2, -0.15) is 22.0 Å². The van der Waals surface area contributed by atoms with E-state index < -0.39 is 60.9 Å². The Hall–Kier alpha value is -2.70. The van der Waals surface area contributed by atoms with Crippen molar-refractivity contribution in [1.82, 2.24) is 19.8 Å². The van der Waals surface area contributed by atoms with Crippen LogP contribution in [0, 0.1) is 6.92 Å². The first kappa shape index (κ1) is 23.0. The van der Waals surface area contributed by atoms with Crippen LogP contribution in [0.4, 0.5) is 22.0 Å². The maximum atomic E-state index is 13.6. The standard InChI is InChI=1S/C18H20F5N5O3/c1-9-25-12-8-27(5-3-11(12)15(26-9)18(21,22)23)14(30)6-10(24)7-28-13(29)2-4-17(19,20)16(28)31/h10H,2-8,24H2,1H3/t10-/m0/s1. The number of hydrogen-bond acceptors (Lipinski definition) is 6. The van der Waals surface area contributed by atoms with Crippen molar-refractivity contribution in [2.24, 2.45) is 5.73 Å². The number of imide groups is 1. The highest BCUT2D eigenvalue weighted by Gasteiger charge is 2.48. The average Bonchev–Trinajstić information content (AvgIpc) is 2.66. The normalized spacial score (nSPS) is 20.0. The number of hydrogen-bond donors (Lipinski definition) is 1. The van der Waals surface area contributed by atoms with Crippen LogP contribution in [0.1, 0.15) is 42.0 Å². The number of fused-ring (bicyclic) bond motifs is 1. The van der Waals surface area contributed by atoms with Crippen molar-refractivity contribution in [2.45, 2.75) is 57.3 Å². The molecule has 1 fully saturated rings. The van der Waals surface area contributed by atoms with Gasteiger partial charge < -0.3 is 10.6 Å². The molecule has 1 aromatic rings. The van der Waals surface area contributed by atoms with E-state index in [-0.39, 0.29) is 43.0 Å². The average molecular weight is 449 g/mol. The van der Waals surface area contributed by atoms with E-state index in [1.54, 1.807) is 0 Å². The lowest BCUT2D eigenvalue weighted by Gasteiger charge is -2.33. The van der Waals surface area contributed by atoms with Crippen molar-refractivity contribution in [1.29, 1.82) is 0 Å². The first-order valence-corrected chi connectivity index (χ1v) is 9.49. The Morgan fingerprint density at radius 2 is 1.90 bits per heavy atom. The highest BCUT2D eigenvalue weighted by molar-refractivity contribution is 6.01. The predicted molar refractivity (Wildman–Crippen MR) is 94.4 cm³/mol. The number of piperidine rings is 1. The van der Waals surface area contributed by atoms with Crippen LogP contribution in [-0.4, -0.2) is 62.5 Å². The fourth-order valence-electron chi connectivity index (χ4n) is 3.65. The lowest BCUT2D eigenvalue weighted by Crippen LogP contribution is -2.55. The molecule has 2 aliphatic rings. The number of nitrogens with two attached hydrogens (primary N) is 1. The summed E-state index contributed by atoms with van der Waals surface area (Å²) in [5, 5.41) is 0. The minimum Gasteiger partial charge on any atom is -0.336 e. The number of alkyl halides is 5. The predicted octanol–water partition coefficient (Wildman–Crippen LogP) is 1.19. The molecule has 8 nitrogen and oxygen atoms in total. The van der Waals surface area contributed by atoms with E-state index in [4.69, 9.17) is 5.73 Å². The van der Waals surface area contributed by atoms with Crippen LogP contribution in [0.3, 0.4) is 0 Å². The van der Waals surface area contributed by atoms with Gasteiger partial charge in [-0.1, -0.05) is 0 Å². The molecule has 0 spiro atoms. The minimum absolute atomic E-state index is 0.0340. The molecule has 13 heteroatoms. The highest BCUT2D eigenvalue weighted by Crippen LogP contribution is 2.34. The quantitative estimate of drug-likeness (QED) is 0.546. The number of carbonyl (C=O) groups excluding carboxylic acids is 3. The van der Waals surface area contributed by atoms with E-state index in [1.165, 1.54) is 11.8 Å². The second-order valence-corrected chi connectivity index (χ2v) is 7.59. The van der Waals surface area contributed by atoms with Crippen molar-refractivity contribution < 1.29 is 36.3 Å². The summed E-state index contributed by atoms with van der Waals surface area (Å²) >= 11 is 0. The summed E-state index contributed by atoms with van der Waals surface area (Å²) in [6.07, 6.45) is -6.52. The number of aromatic nitrogens is 2. The number of halogens is 5. The van der Waals surface area contributed by atoms with Crippen molar-refractivity contribution >= 4 is 17.7 Å². The van der Waals surface area contributed by atoms with Gasteiger partial charge >= 0.3 is 12.1 Å². The van der Waals surface area contributed by atoms with Crippen LogP contribution >= 0.6 is 0 Å². The molecular weight excluding hydrogens is 429 g/mol. The molecule has 0 aliphatic carbocycles. The molecule has 0 unspecified atom stereocenters. The Kier molecular flexibility index (Phi) is 6.00. The molecule has 2 N–H and O–H groups in total. The molecule has 3 rings (SSSR count). The molecule has 2 aliphatic heterocycles. The van der Waals surface area contributed by atoms with Gasteiger partial charge in [-0.25, -0.2) is 9.97 Å². The Balaban J connectivity index is 1.67. The minimum atomic E-state index is -4.65. The zero-order valence-electron chi connectivity index (χ0n) is 16.5. The molecule has 170 valence electrons. The van der Waals surface area contributed by atoms with E-state index in [2.05, 4.69) is 9.97 Å². The number of carbonyl (C=O) groups is 3. The zero-order valence-corrected chi connectivity index (χ0v) is 16.5. The lowest BCUT2D eigenvalue weighted by atomic mass is 10.0. The van der Waals surface area contributed by atoms with Crippen LogP contribution < -0.4 is 5.73 Å². The zero-order chi connectivity index (χ0) is 23.1. The maximum absolute atomic E-state index is 13.6. The largest absolute Gasteiger partial charge is 0.433 e. The van der Waals surface area contributed by atoms with Gasteiger partial charge in [0.25, 0.3) is 5.91 Å². The van der Waals surface area contributed by atoms with Crippen LogP contribution in [-0.2, 0) is 33.5 Å². The molecule has 1 atom stereocenters. The Morgan fingerprint density at radius 1 is 1.23 bits per heavy atom. The molecule has 3 heterocycles. The molecule has 1 saturated heterocycles. The molecular formula is C18H20F5N5O3. The Morgan fingerprint density at radius 3 is 2.55 bits per heavy atom. The van der Waals surface area contributed by atoms with Gasteiger partial charge in [-0.05, 0) is 13.3 Å². The van der Waals surface area contributed by atoms with Gasteiger partial charge in [0.1, 0.15) is 5.82 Å². The topological polar surface area (TPSA) is 109 Å². The summed E-state index contributed by atoms with van der Waals surface area (Å²) in [6.45, 7) is 0.540. The number of aryl methyl sites for hydroxylation is 1. The van der Waals surface area contributed by atoms with E-state index in [0.717, 1.165) is 0 Å². The number of rotatable bonds is 4. The van der Waals surface area contributed by atoms with Crippen LogP contribution in [0.25, 0.3) is 0 Å². The summed E-state index contributed by atoms with van der Waals surface area (Å²) in [6, 6.07) is -1.10. The summed E-state index contributed by atoms with van der Waals surface area (Å²) in [4.78, 5) is 45.2. The summed E-state index contributed by atoms with van der Waals surface area (Å²) < 4.78 is 66.8. The SMILES string of the molecule is Cc1nc2c(c(C(F)(F)F)n1)CCN(C(=O)C[C@H](N)CN1C(=O)CCC(F)(F)C1=O)C2. The summed E-state index contributed by atoms with van der Waals surface area (Å²) in [5.41, 5.74) is 4.79. The fraction of sp³-hybridized carbons (Fsp3) is 0.611. The van der Waals surface area contributed by atoms with Gasteiger partial charge in [0.15, 0.2) is 5.69 Å². The fourth-order valence-corrected chi connectivity index (χ4v) is 3.65. The van der Waals surface area contributed by atoms with Gasteiger partial charge in [0, 0.05) is 44.0 Å². The molecule has 0 radical (unpaired) electrons. The van der Waals surface area contributed by atoms with Gasteiger partial charge in [-0.15, -0.1) is 0 Å². The Bertz CT molecular complexity index is 921. The van der Waals surface area contributed by atoms with Crippen molar-refractivity contribution in [3.63, 3.8) is 0 Å². The van der Waals surface area contributed by atoms with E-state index >= 15 is 0 Å². The third-order valence-electron chi connectivity index (χ3n) is 5.16. The van der Waals surface area contributed by atoms with Gasteiger partial charge in [0.2, 0.25) is 11.8 Å². The summed E-state index contributed by atoms with van der Waals surface area (Å²) in [7, 11) is 0. The molecule has 1 aromatic heterocycles. The van der Waals surface area contributed by atoms with Gasteiger partial charge in [0.05, 0.1) is 12.2 Å². The van der Waals surface area contributed by atoms with Crippen LogP contribution in [0.2, 0.25) is 0 Å². The summed E-state index contributed by atoms with van der Waals surface area (Å²) in [5.74, 6) is -6.74. The highest BCUT2D eigenvalue weighted by atomic mass is 19.4. The third kappa shape index (κ3) is 4.81. The van der Waals surface area contributed by atoms with Crippen molar-refractivity contribution in [2.75, 3.05) is 13.1 Å². The van der Waals surface area contributed by atoms with Gasteiger partial charge in [-0.3, -0.25) is 19.3 Å². The number of amides is 3. The van der Waals surface area contributed by atoms with Crippen LogP contribution in [0.5, 0.6) is 0 Å². The van der Waals surface area contributed by atoms with E-state index in [1.807, 2.05) is 0 Å². The van der Waals surface area contributed by atoms with E-state index in [9.17, 15) is 36.3 Å². The second kappa shape index (κ2) is 8.09. The van der Waals surface area contributed by atoms with Crippen molar-refractivity contribution in [3.05, 3.63) is 22.8 Å². The molecule has 0 bridgehead atoms. The Labute approximate surface area is 173 Å². The molecule has 31 heavy (non-hydrogen) atoms. The molecule has 0 saturated carbocycles. The first-order valence-electron chi connectivity index (χ1n) is 9.49. The van der Waals surface area contributed by atoms with Crippen LogP contribution in [0.15, 0.2) is 0 Å². The maximum Gasteiger partial charge on any atom is 0.433 e. The molecule has 0 aromatic carbocycles. The monoisotopic (exact) mass is 449 g/mol. The third-order valence-corrected chi connectivity index (χ3v) is 5.16. The first-order chi connectivity index (χ1) is 14.3. The molecule has 3 amide bonds. The number of nitrogens with zero attached hydrogens (tertiary/aromatic N) is 4.